The van der Waals surface area contributed by atoms with E-state index in [2.05, 4.69) is 14.9 Å². The van der Waals surface area contributed by atoms with Crippen LogP contribution in [0.5, 0.6) is 0 Å². The van der Waals surface area contributed by atoms with Crippen LogP contribution in [0, 0.1) is 0 Å². The second kappa shape index (κ2) is 4.95. The fourth-order valence-corrected chi connectivity index (χ4v) is 3.18. The van der Waals surface area contributed by atoms with Gasteiger partial charge >= 0.3 is 0 Å². The molecule has 0 unspecified atom stereocenters. The number of aliphatic hydroxyl groups excluding tert-OH is 1. The van der Waals surface area contributed by atoms with Crippen molar-refractivity contribution in [2.45, 2.75) is 43.5 Å². The Hall–Kier alpha value is -1.24. The van der Waals surface area contributed by atoms with Gasteiger partial charge in [-0.15, -0.1) is 0 Å². The van der Waals surface area contributed by atoms with Gasteiger partial charge in [-0.05, 0) is 19.8 Å². The molecule has 2 aliphatic heterocycles. The zero-order valence-corrected chi connectivity index (χ0v) is 11.7. The van der Waals surface area contributed by atoms with Gasteiger partial charge in [0.1, 0.15) is 11.9 Å². The average molecular weight is 279 g/mol. The molecule has 1 spiro atoms. The molecule has 110 valence electrons. The standard InChI is InChI=1S/C14H21N3O3/c1-13(19)10-14(20-9-11(13)18)2-6-17(7-3-14)12-8-15-4-5-16-12/h4-5,8,11,18-19H,2-3,6-7,9-10H2,1H3/t11-,13-/m0/s1. The number of nitrogens with zero attached hydrogens (tertiary/aromatic N) is 3. The first-order valence-electron chi connectivity index (χ1n) is 7.06. The van der Waals surface area contributed by atoms with Crippen LogP contribution < -0.4 is 4.90 Å². The van der Waals surface area contributed by atoms with Crippen LogP contribution in [0.2, 0.25) is 0 Å². The molecule has 1 aromatic rings. The lowest BCUT2D eigenvalue weighted by Crippen LogP contribution is -2.59. The summed E-state index contributed by atoms with van der Waals surface area (Å²) in [5, 5.41) is 20.1. The van der Waals surface area contributed by atoms with Gasteiger partial charge in [-0.3, -0.25) is 4.98 Å². The first-order valence-corrected chi connectivity index (χ1v) is 7.06. The highest BCUT2D eigenvalue weighted by molar-refractivity contribution is 5.36. The summed E-state index contributed by atoms with van der Waals surface area (Å²) in [6.07, 6.45) is 6.45. The van der Waals surface area contributed by atoms with E-state index in [1.807, 2.05) is 0 Å². The Morgan fingerprint density at radius 3 is 2.70 bits per heavy atom. The van der Waals surface area contributed by atoms with Crippen LogP contribution in [0.1, 0.15) is 26.2 Å². The minimum Gasteiger partial charge on any atom is -0.388 e. The minimum absolute atomic E-state index is 0.206. The van der Waals surface area contributed by atoms with Gasteiger partial charge in [0.2, 0.25) is 0 Å². The van der Waals surface area contributed by atoms with Crippen molar-refractivity contribution in [2.24, 2.45) is 0 Å². The van der Waals surface area contributed by atoms with Crippen molar-refractivity contribution in [1.82, 2.24) is 9.97 Å². The molecule has 2 saturated heterocycles. The Bertz CT molecular complexity index is 458. The molecule has 2 aliphatic rings. The molecule has 1 aromatic heterocycles. The predicted octanol–water partition coefficient (Wildman–Crippen LogP) is 0.348. The van der Waals surface area contributed by atoms with E-state index in [0.29, 0.717) is 6.42 Å². The molecule has 3 heterocycles. The van der Waals surface area contributed by atoms with Gasteiger partial charge in [-0.1, -0.05) is 0 Å². The number of hydrogen-bond acceptors (Lipinski definition) is 6. The summed E-state index contributed by atoms with van der Waals surface area (Å²) in [6.45, 7) is 3.55. The fraction of sp³-hybridized carbons (Fsp3) is 0.714. The Labute approximate surface area is 118 Å². The number of aliphatic hydroxyl groups is 2. The van der Waals surface area contributed by atoms with E-state index in [0.717, 1.165) is 31.7 Å². The molecule has 6 nitrogen and oxygen atoms in total. The van der Waals surface area contributed by atoms with Gasteiger partial charge in [0.15, 0.2) is 0 Å². The normalized spacial score (nSPS) is 33.4. The van der Waals surface area contributed by atoms with Crippen LogP contribution in [-0.4, -0.2) is 57.2 Å². The van der Waals surface area contributed by atoms with Crippen LogP contribution in [0.4, 0.5) is 5.82 Å². The van der Waals surface area contributed by atoms with Gasteiger partial charge < -0.3 is 19.8 Å². The second-order valence-electron chi connectivity index (χ2n) is 6.09. The van der Waals surface area contributed by atoms with Gasteiger partial charge in [-0.25, -0.2) is 4.98 Å². The molecule has 20 heavy (non-hydrogen) atoms. The number of ether oxygens (including phenoxy) is 1. The predicted molar refractivity (Wildman–Crippen MR) is 73.4 cm³/mol. The summed E-state index contributed by atoms with van der Waals surface area (Å²) in [4.78, 5) is 10.6. The van der Waals surface area contributed by atoms with Crippen LogP contribution in [0.15, 0.2) is 18.6 Å². The summed E-state index contributed by atoms with van der Waals surface area (Å²) in [5.41, 5.74) is -1.38. The Morgan fingerprint density at radius 2 is 2.10 bits per heavy atom. The third kappa shape index (κ3) is 2.51. The zero-order chi connectivity index (χ0) is 14.2. The van der Waals surface area contributed by atoms with E-state index in [4.69, 9.17) is 4.74 Å². The van der Waals surface area contributed by atoms with Gasteiger partial charge in [0, 0.05) is 31.9 Å². The molecule has 0 saturated carbocycles. The topological polar surface area (TPSA) is 78.7 Å². The number of aromatic nitrogens is 2. The van der Waals surface area contributed by atoms with Gasteiger partial charge in [0.25, 0.3) is 0 Å². The molecular formula is C14H21N3O3. The van der Waals surface area contributed by atoms with Crippen LogP contribution in [0.25, 0.3) is 0 Å². The smallest absolute Gasteiger partial charge is 0.147 e. The van der Waals surface area contributed by atoms with Crippen LogP contribution >= 0.6 is 0 Å². The molecule has 0 aromatic carbocycles. The Morgan fingerprint density at radius 1 is 1.35 bits per heavy atom. The first-order chi connectivity index (χ1) is 9.51. The first kappa shape index (κ1) is 13.7. The quantitative estimate of drug-likeness (QED) is 0.772. The molecule has 0 radical (unpaired) electrons. The third-order valence-electron chi connectivity index (χ3n) is 4.49. The molecule has 3 rings (SSSR count). The summed E-state index contributed by atoms with van der Waals surface area (Å²) >= 11 is 0. The third-order valence-corrected chi connectivity index (χ3v) is 4.49. The fourth-order valence-electron chi connectivity index (χ4n) is 3.18. The Balaban J connectivity index is 1.67. The second-order valence-corrected chi connectivity index (χ2v) is 6.09. The lowest BCUT2D eigenvalue weighted by molar-refractivity contribution is -0.216. The maximum Gasteiger partial charge on any atom is 0.147 e. The van der Waals surface area contributed by atoms with Crippen molar-refractivity contribution in [3.8, 4) is 0 Å². The van der Waals surface area contributed by atoms with Crippen LogP contribution in [-0.2, 0) is 4.74 Å². The zero-order valence-electron chi connectivity index (χ0n) is 11.7. The SMILES string of the molecule is C[C@]1(O)CC2(CCN(c3cnccn3)CC2)OC[C@@H]1O. The maximum absolute atomic E-state index is 10.3. The van der Waals surface area contributed by atoms with E-state index < -0.39 is 11.7 Å². The average Bonchev–Trinajstić information content (AvgIpc) is 2.45. The van der Waals surface area contributed by atoms with Crippen molar-refractivity contribution in [3.63, 3.8) is 0 Å². The van der Waals surface area contributed by atoms with Crippen molar-refractivity contribution < 1.29 is 14.9 Å². The highest BCUT2D eigenvalue weighted by atomic mass is 16.5. The van der Waals surface area contributed by atoms with E-state index in [-0.39, 0.29) is 12.2 Å². The minimum atomic E-state index is -1.06. The van der Waals surface area contributed by atoms with E-state index in [1.165, 1.54) is 0 Å². The van der Waals surface area contributed by atoms with E-state index in [9.17, 15) is 10.2 Å². The monoisotopic (exact) mass is 279 g/mol. The molecule has 6 heteroatoms. The summed E-state index contributed by atoms with van der Waals surface area (Å²) < 4.78 is 5.87. The van der Waals surface area contributed by atoms with Crippen molar-refractivity contribution in [3.05, 3.63) is 18.6 Å². The maximum atomic E-state index is 10.3. The van der Waals surface area contributed by atoms with Crippen molar-refractivity contribution in [1.29, 1.82) is 0 Å². The molecule has 0 amide bonds. The Kier molecular flexibility index (Phi) is 3.40. The highest BCUT2D eigenvalue weighted by Crippen LogP contribution is 2.40. The lowest BCUT2D eigenvalue weighted by Gasteiger charge is -2.50. The molecule has 2 atom stereocenters. The number of anilines is 1. The number of piperidine rings is 1. The number of hydrogen-bond donors (Lipinski definition) is 2. The van der Waals surface area contributed by atoms with Crippen LogP contribution in [0.3, 0.4) is 0 Å². The lowest BCUT2D eigenvalue weighted by atomic mass is 9.76. The summed E-state index contributed by atoms with van der Waals surface area (Å²) in [7, 11) is 0. The summed E-state index contributed by atoms with van der Waals surface area (Å²) in [5.74, 6) is 0.880. The van der Waals surface area contributed by atoms with Crippen molar-refractivity contribution >= 4 is 5.82 Å². The molecule has 0 bridgehead atoms. The molecule has 0 aliphatic carbocycles. The van der Waals surface area contributed by atoms with E-state index in [1.54, 1.807) is 25.5 Å². The highest BCUT2D eigenvalue weighted by Gasteiger charge is 2.48. The largest absolute Gasteiger partial charge is 0.388 e. The molecule has 2 fully saturated rings. The van der Waals surface area contributed by atoms with Gasteiger partial charge in [0.05, 0.1) is 24.0 Å². The van der Waals surface area contributed by atoms with E-state index >= 15 is 0 Å². The molecular weight excluding hydrogens is 258 g/mol. The van der Waals surface area contributed by atoms with Crippen molar-refractivity contribution in [2.75, 3.05) is 24.6 Å². The molecule has 2 N–H and O–H groups in total. The summed E-state index contributed by atoms with van der Waals surface area (Å²) in [6, 6.07) is 0. The van der Waals surface area contributed by atoms with Gasteiger partial charge in [-0.2, -0.15) is 0 Å². The number of rotatable bonds is 1.